The normalized spacial score (nSPS) is 16.4. The Hall–Kier alpha value is -1.64. The van der Waals surface area contributed by atoms with E-state index in [0.717, 1.165) is 18.5 Å². The molecule has 1 aromatic heterocycles. The number of hydrogen-bond acceptors (Lipinski definition) is 2. The summed E-state index contributed by atoms with van der Waals surface area (Å²) < 4.78 is 0. The van der Waals surface area contributed by atoms with Gasteiger partial charge in [-0.15, -0.1) is 0 Å². The van der Waals surface area contributed by atoms with Crippen molar-refractivity contribution in [3.63, 3.8) is 0 Å². The van der Waals surface area contributed by atoms with Crippen LogP contribution in [0, 0.1) is 0 Å². The van der Waals surface area contributed by atoms with Gasteiger partial charge in [-0.3, -0.25) is 9.78 Å². The fraction of sp³-hybridized carbons (Fsp3) is 0.500. The van der Waals surface area contributed by atoms with Crippen LogP contribution < -0.4 is 0 Å². The lowest BCUT2D eigenvalue weighted by Gasteiger charge is -2.31. The van der Waals surface area contributed by atoms with E-state index in [1.165, 1.54) is 12.8 Å². The van der Waals surface area contributed by atoms with Gasteiger partial charge in [0.2, 0.25) is 5.91 Å². The van der Waals surface area contributed by atoms with Gasteiger partial charge in [-0.05, 0) is 44.9 Å². The zero-order valence-corrected chi connectivity index (χ0v) is 11.7. The van der Waals surface area contributed by atoms with Crippen LogP contribution in [0.3, 0.4) is 0 Å². The van der Waals surface area contributed by atoms with Crippen molar-refractivity contribution in [1.29, 1.82) is 0 Å². The van der Waals surface area contributed by atoms with Crippen molar-refractivity contribution in [1.82, 2.24) is 9.88 Å². The molecule has 1 saturated carbocycles. The quantitative estimate of drug-likeness (QED) is 0.777. The number of nitrogens with zero attached hydrogens (tertiary/aromatic N) is 2. The topological polar surface area (TPSA) is 33.2 Å². The van der Waals surface area contributed by atoms with Crippen LogP contribution in [0.25, 0.3) is 6.08 Å². The van der Waals surface area contributed by atoms with E-state index in [0.29, 0.717) is 6.04 Å². The van der Waals surface area contributed by atoms with Crippen LogP contribution >= 0.6 is 0 Å². The van der Waals surface area contributed by atoms with Gasteiger partial charge >= 0.3 is 0 Å². The summed E-state index contributed by atoms with van der Waals surface area (Å²) in [6, 6.07) is 6.37. The average Bonchev–Trinajstić information content (AvgIpc) is 2.91. The standard InChI is InChI=1S/C16H22N2O/c1-13(2)18(15-8-3-4-9-15)16(19)11-10-14-7-5-6-12-17-14/h5-7,10-13,15H,3-4,8-9H2,1-2H3/b11-10+. The summed E-state index contributed by atoms with van der Waals surface area (Å²) in [6.07, 6.45) is 9.95. The van der Waals surface area contributed by atoms with Gasteiger partial charge in [0.05, 0.1) is 5.69 Å². The van der Waals surface area contributed by atoms with Crippen LogP contribution in [0.5, 0.6) is 0 Å². The third-order valence-corrected chi connectivity index (χ3v) is 3.61. The van der Waals surface area contributed by atoms with Crippen molar-refractivity contribution < 1.29 is 4.79 Å². The smallest absolute Gasteiger partial charge is 0.247 e. The molecule has 0 radical (unpaired) electrons. The molecule has 0 aliphatic heterocycles. The van der Waals surface area contributed by atoms with Crippen LogP contribution in [-0.4, -0.2) is 27.9 Å². The molecule has 0 unspecified atom stereocenters. The lowest BCUT2D eigenvalue weighted by molar-refractivity contribution is -0.130. The molecular weight excluding hydrogens is 236 g/mol. The van der Waals surface area contributed by atoms with E-state index in [4.69, 9.17) is 0 Å². The van der Waals surface area contributed by atoms with Crippen molar-refractivity contribution >= 4 is 12.0 Å². The highest BCUT2D eigenvalue weighted by Gasteiger charge is 2.27. The van der Waals surface area contributed by atoms with Crippen molar-refractivity contribution in [2.24, 2.45) is 0 Å². The molecule has 0 atom stereocenters. The minimum absolute atomic E-state index is 0.104. The Kier molecular flexibility index (Phi) is 4.72. The molecule has 3 heteroatoms. The summed E-state index contributed by atoms with van der Waals surface area (Å²) in [5, 5.41) is 0. The Labute approximate surface area is 115 Å². The van der Waals surface area contributed by atoms with Crippen LogP contribution in [0.2, 0.25) is 0 Å². The molecular formula is C16H22N2O. The van der Waals surface area contributed by atoms with E-state index < -0.39 is 0 Å². The Morgan fingerprint density at radius 3 is 2.68 bits per heavy atom. The maximum Gasteiger partial charge on any atom is 0.247 e. The number of rotatable bonds is 4. The first kappa shape index (κ1) is 13.8. The lowest BCUT2D eigenvalue weighted by atomic mass is 10.1. The molecule has 0 bridgehead atoms. The van der Waals surface area contributed by atoms with E-state index >= 15 is 0 Å². The first-order valence-electron chi connectivity index (χ1n) is 7.10. The number of hydrogen-bond donors (Lipinski definition) is 0. The van der Waals surface area contributed by atoms with Gasteiger partial charge in [-0.1, -0.05) is 18.9 Å². The highest BCUT2D eigenvalue weighted by Crippen LogP contribution is 2.25. The summed E-state index contributed by atoms with van der Waals surface area (Å²) in [4.78, 5) is 18.6. The molecule has 2 rings (SSSR count). The van der Waals surface area contributed by atoms with E-state index in [2.05, 4.69) is 18.8 Å². The summed E-state index contributed by atoms with van der Waals surface area (Å²) in [7, 11) is 0. The van der Waals surface area contributed by atoms with Gasteiger partial charge in [0.15, 0.2) is 0 Å². The minimum atomic E-state index is 0.104. The van der Waals surface area contributed by atoms with Gasteiger partial charge in [0.25, 0.3) is 0 Å². The third kappa shape index (κ3) is 3.66. The molecule has 1 aromatic rings. The summed E-state index contributed by atoms with van der Waals surface area (Å²) >= 11 is 0. The zero-order chi connectivity index (χ0) is 13.7. The second-order valence-electron chi connectivity index (χ2n) is 5.37. The van der Waals surface area contributed by atoms with E-state index in [-0.39, 0.29) is 11.9 Å². The Morgan fingerprint density at radius 2 is 2.11 bits per heavy atom. The number of carbonyl (C=O) groups is 1. The molecule has 0 saturated heterocycles. The Morgan fingerprint density at radius 1 is 1.37 bits per heavy atom. The molecule has 1 fully saturated rings. The predicted molar refractivity (Wildman–Crippen MR) is 77.5 cm³/mol. The molecule has 102 valence electrons. The molecule has 1 amide bonds. The first-order chi connectivity index (χ1) is 9.18. The van der Waals surface area contributed by atoms with E-state index in [1.54, 1.807) is 18.3 Å². The molecule has 1 heterocycles. The summed E-state index contributed by atoms with van der Waals surface area (Å²) in [6.45, 7) is 4.18. The maximum absolute atomic E-state index is 12.4. The molecule has 0 spiro atoms. The van der Waals surface area contributed by atoms with Crippen LogP contribution in [-0.2, 0) is 4.79 Å². The van der Waals surface area contributed by atoms with Crippen LogP contribution in [0.15, 0.2) is 30.5 Å². The monoisotopic (exact) mass is 258 g/mol. The lowest BCUT2D eigenvalue weighted by Crippen LogP contribution is -2.42. The van der Waals surface area contributed by atoms with Gasteiger partial charge < -0.3 is 4.90 Å². The second kappa shape index (κ2) is 6.50. The van der Waals surface area contributed by atoms with Gasteiger partial charge in [-0.25, -0.2) is 0 Å². The number of carbonyl (C=O) groups excluding carboxylic acids is 1. The Balaban J connectivity index is 2.05. The minimum Gasteiger partial charge on any atom is -0.334 e. The van der Waals surface area contributed by atoms with Crippen molar-refractivity contribution in [3.8, 4) is 0 Å². The van der Waals surface area contributed by atoms with Gasteiger partial charge in [0.1, 0.15) is 0 Å². The Bertz CT molecular complexity index is 433. The fourth-order valence-electron chi connectivity index (χ4n) is 2.76. The maximum atomic E-state index is 12.4. The largest absolute Gasteiger partial charge is 0.334 e. The molecule has 0 N–H and O–H groups in total. The van der Waals surface area contributed by atoms with E-state index in [9.17, 15) is 4.79 Å². The highest BCUT2D eigenvalue weighted by atomic mass is 16.2. The fourth-order valence-corrected chi connectivity index (χ4v) is 2.76. The van der Waals surface area contributed by atoms with Gasteiger partial charge in [0, 0.05) is 24.4 Å². The average molecular weight is 258 g/mol. The summed E-state index contributed by atoms with van der Waals surface area (Å²) in [5.41, 5.74) is 0.825. The SMILES string of the molecule is CC(C)N(C(=O)/C=C/c1ccccn1)C1CCCC1. The highest BCUT2D eigenvalue weighted by molar-refractivity contribution is 5.92. The molecule has 1 aliphatic rings. The molecule has 3 nitrogen and oxygen atoms in total. The third-order valence-electron chi connectivity index (χ3n) is 3.61. The van der Waals surface area contributed by atoms with E-state index in [1.807, 2.05) is 23.1 Å². The number of aromatic nitrogens is 1. The summed E-state index contributed by atoms with van der Waals surface area (Å²) in [5.74, 6) is 0.104. The molecule has 1 aliphatic carbocycles. The number of amides is 1. The van der Waals surface area contributed by atoms with Crippen LogP contribution in [0.1, 0.15) is 45.2 Å². The van der Waals surface area contributed by atoms with Crippen molar-refractivity contribution in [2.75, 3.05) is 0 Å². The molecule has 0 aromatic carbocycles. The number of pyridine rings is 1. The first-order valence-corrected chi connectivity index (χ1v) is 7.10. The second-order valence-corrected chi connectivity index (χ2v) is 5.37. The molecule has 19 heavy (non-hydrogen) atoms. The van der Waals surface area contributed by atoms with Gasteiger partial charge in [-0.2, -0.15) is 0 Å². The zero-order valence-electron chi connectivity index (χ0n) is 11.7. The van der Waals surface area contributed by atoms with Crippen LogP contribution in [0.4, 0.5) is 0 Å². The predicted octanol–water partition coefficient (Wildman–Crippen LogP) is 3.27. The van der Waals surface area contributed by atoms with Crippen molar-refractivity contribution in [3.05, 3.63) is 36.2 Å². The van der Waals surface area contributed by atoms with Crippen molar-refractivity contribution in [2.45, 2.75) is 51.6 Å².